The lowest BCUT2D eigenvalue weighted by Crippen LogP contribution is -2.17. The fourth-order valence-corrected chi connectivity index (χ4v) is 5.23. The first kappa shape index (κ1) is 39.4. The minimum Gasteiger partial charge on any atom is -0.461 e. The van der Waals surface area contributed by atoms with Crippen LogP contribution in [0.2, 0.25) is 0 Å². The van der Waals surface area contributed by atoms with Crippen LogP contribution in [0.1, 0.15) is 109 Å². The number of hydrogen-bond donors (Lipinski definition) is 2. The van der Waals surface area contributed by atoms with Crippen LogP contribution in [0.4, 0.5) is 0 Å². The summed E-state index contributed by atoms with van der Waals surface area (Å²) in [5, 5.41) is 2.99. The Morgan fingerprint density at radius 2 is 1.77 bits per heavy atom. The molecule has 0 saturated heterocycles. The number of pyridine rings is 1. The van der Waals surface area contributed by atoms with E-state index in [1.165, 1.54) is 37.0 Å². The zero-order chi connectivity index (χ0) is 34.8. The van der Waals surface area contributed by atoms with Gasteiger partial charge >= 0.3 is 5.97 Å². The summed E-state index contributed by atoms with van der Waals surface area (Å²) in [6, 6.07) is 10.6. The molecule has 1 aromatic carbocycles. The van der Waals surface area contributed by atoms with Gasteiger partial charge in [-0.2, -0.15) is 0 Å². The molecular weight excluding hydrogens is 601 g/mol. The molecule has 1 atom stereocenters. The summed E-state index contributed by atoms with van der Waals surface area (Å²) in [6.45, 7) is 21.2. The Bertz CT molecular complexity index is 1590. The predicted molar refractivity (Wildman–Crippen MR) is 204 cm³/mol. The molecule has 0 fully saturated rings. The third-order valence-corrected chi connectivity index (χ3v) is 8.14. The molecule has 0 aliphatic carbocycles. The molecule has 6 nitrogen and oxygen atoms in total. The van der Waals surface area contributed by atoms with Gasteiger partial charge in [-0.05, 0) is 79.8 Å². The van der Waals surface area contributed by atoms with Crippen molar-refractivity contribution in [2.24, 2.45) is 11.7 Å². The quantitative estimate of drug-likeness (QED) is 0.110. The summed E-state index contributed by atoms with van der Waals surface area (Å²) in [6.07, 6.45) is 16.6. The van der Waals surface area contributed by atoms with Crippen molar-refractivity contribution in [1.82, 2.24) is 15.0 Å². The number of carbonyl (C=O) groups is 1. The number of esters is 1. The molecule has 0 radical (unpaired) electrons. The SMILES string of the molecule is C=C(C)/C=C\C=C(/C)c1nc[nH]c1-c1ccc2ncc(-c3csc(C(=O)OCCC(C)C)c3)cc2c1.CCC.CCCCC(N)CC. The second-order valence-electron chi connectivity index (χ2n) is 12.3. The largest absolute Gasteiger partial charge is 0.461 e. The minimum absolute atomic E-state index is 0.267. The van der Waals surface area contributed by atoms with Gasteiger partial charge in [0.2, 0.25) is 0 Å². The molecule has 4 aromatic rings. The van der Waals surface area contributed by atoms with Crippen LogP contribution in [0.25, 0.3) is 38.9 Å². The van der Waals surface area contributed by atoms with Crippen LogP contribution < -0.4 is 5.73 Å². The Labute approximate surface area is 287 Å². The van der Waals surface area contributed by atoms with Gasteiger partial charge < -0.3 is 15.5 Å². The van der Waals surface area contributed by atoms with Crippen LogP contribution in [0.15, 0.2) is 78.6 Å². The number of ether oxygens (including phenoxy) is 1. The van der Waals surface area contributed by atoms with Crippen molar-refractivity contribution < 1.29 is 9.53 Å². The summed E-state index contributed by atoms with van der Waals surface area (Å²) in [5.41, 5.74) is 13.4. The predicted octanol–water partition coefficient (Wildman–Crippen LogP) is 11.4. The third-order valence-electron chi connectivity index (χ3n) is 7.22. The van der Waals surface area contributed by atoms with E-state index in [0.29, 0.717) is 23.4 Å². The fraction of sp³-hybridized carbons (Fsp3) is 0.425. The van der Waals surface area contributed by atoms with Gasteiger partial charge in [0.1, 0.15) is 4.88 Å². The van der Waals surface area contributed by atoms with E-state index in [-0.39, 0.29) is 5.97 Å². The first-order valence-electron chi connectivity index (χ1n) is 17.0. The van der Waals surface area contributed by atoms with Crippen molar-refractivity contribution in [1.29, 1.82) is 0 Å². The lowest BCUT2D eigenvalue weighted by Gasteiger charge is -2.07. The Hall–Kier alpha value is -3.81. The van der Waals surface area contributed by atoms with E-state index >= 15 is 0 Å². The van der Waals surface area contributed by atoms with Crippen molar-refractivity contribution in [3.8, 4) is 22.4 Å². The third kappa shape index (κ3) is 13.4. The molecule has 3 aromatic heterocycles. The van der Waals surface area contributed by atoms with Crippen molar-refractivity contribution in [3.63, 3.8) is 0 Å². The minimum atomic E-state index is -0.267. The monoisotopic (exact) mass is 656 g/mol. The van der Waals surface area contributed by atoms with Gasteiger partial charge in [0.05, 0.1) is 29.8 Å². The maximum absolute atomic E-state index is 12.4. The van der Waals surface area contributed by atoms with Gasteiger partial charge in [0.25, 0.3) is 0 Å². The first-order valence-corrected chi connectivity index (χ1v) is 17.9. The number of thiophene rings is 1. The highest BCUT2D eigenvalue weighted by Crippen LogP contribution is 2.31. The Kier molecular flexibility index (Phi) is 17.7. The number of aromatic amines is 1. The van der Waals surface area contributed by atoms with E-state index in [1.807, 2.05) is 55.8 Å². The van der Waals surface area contributed by atoms with Crippen LogP contribution in [0.5, 0.6) is 0 Å². The second kappa shape index (κ2) is 21.1. The number of hydrogen-bond acceptors (Lipinski definition) is 6. The van der Waals surface area contributed by atoms with E-state index in [1.54, 1.807) is 6.33 Å². The smallest absolute Gasteiger partial charge is 0.348 e. The average Bonchev–Trinajstić information content (AvgIpc) is 3.74. The van der Waals surface area contributed by atoms with E-state index in [4.69, 9.17) is 10.5 Å². The number of aromatic nitrogens is 3. The Morgan fingerprint density at radius 1 is 1.04 bits per heavy atom. The topological polar surface area (TPSA) is 93.9 Å². The van der Waals surface area contributed by atoms with Crippen LogP contribution in [0.3, 0.4) is 0 Å². The number of nitrogens with one attached hydrogen (secondary N) is 1. The molecule has 4 rings (SSSR count). The van der Waals surface area contributed by atoms with Crippen LogP contribution in [0, 0.1) is 5.92 Å². The molecule has 1 unspecified atom stereocenters. The number of nitrogens with zero attached hydrogens (tertiary/aromatic N) is 2. The molecule has 0 saturated carbocycles. The molecule has 0 bridgehead atoms. The van der Waals surface area contributed by atoms with Gasteiger partial charge in [-0.25, -0.2) is 9.78 Å². The second-order valence-corrected chi connectivity index (χ2v) is 13.3. The zero-order valence-corrected chi connectivity index (χ0v) is 30.7. The molecule has 47 heavy (non-hydrogen) atoms. The highest BCUT2D eigenvalue weighted by atomic mass is 32.1. The number of benzene rings is 1. The highest BCUT2D eigenvalue weighted by molar-refractivity contribution is 7.12. The molecule has 7 heteroatoms. The number of allylic oxidation sites excluding steroid dienone is 5. The molecule has 0 amide bonds. The van der Waals surface area contributed by atoms with Crippen molar-refractivity contribution >= 4 is 33.8 Å². The Balaban J connectivity index is 0.000000603. The highest BCUT2D eigenvalue weighted by Gasteiger charge is 2.14. The van der Waals surface area contributed by atoms with Gasteiger partial charge in [-0.15, -0.1) is 11.3 Å². The lowest BCUT2D eigenvalue weighted by molar-refractivity contribution is 0.0494. The number of H-pyrrole nitrogens is 1. The summed E-state index contributed by atoms with van der Waals surface area (Å²) in [7, 11) is 0. The van der Waals surface area contributed by atoms with Crippen LogP contribution in [-0.2, 0) is 4.74 Å². The maximum atomic E-state index is 12.4. The van der Waals surface area contributed by atoms with Gasteiger partial charge in [-0.3, -0.25) is 4.98 Å². The standard InChI is InChI=1S/C30H31N3O2S.C7H17N.C3H8/c1-19(2)7-6-8-21(5)28-29(33-18-32-28)22-9-10-26-23(13-22)14-24(16-31-26)25-15-27(36-17-25)30(34)35-12-11-20(3)4;1-3-5-6-7(8)4-2;1-3-2/h6-10,13-18,20H,1,11-12H2,2-5H3,(H,32,33);7H,3-6,8H2,1-2H3;3H2,1-2H3/b7-6-,21-8+;;. The molecule has 3 heterocycles. The number of imidazole rings is 1. The van der Waals surface area contributed by atoms with E-state index in [2.05, 4.69) is 81.3 Å². The molecule has 0 aliphatic rings. The number of rotatable bonds is 13. The molecule has 3 N–H and O–H groups in total. The summed E-state index contributed by atoms with van der Waals surface area (Å²) >= 11 is 1.40. The summed E-state index contributed by atoms with van der Waals surface area (Å²) < 4.78 is 5.42. The van der Waals surface area contributed by atoms with Crippen molar-refractivity contribution in [3.05, 3.63) is 89.2 Å². The summed E-state index contributed by atoms with van der Waals surface area (Å²) in [4.78, 5) is 25.5. The molecule has 0 aliphatic heterocycles. The molecular formula is C40H56N4O2S. The molecule has 0 spiro atoms. The van der Waals surface area contributed by atoms with Crippen molar-refractivity contribution in [2.45, 2.75) is 100.0 Å². The number of carbonyl (C=O) groups excluding carboxylic acids is 1. The van der Waals surface area contributed by atoms with Crippen molar-refractivity contribution in [2.75, 3.05) is 6.61 Å². The normalized spacial score (nSPS) is 12.0. The average molecular weight is 657 g/mol. The first-order chi connectivity index (χ1) is 22.5. The number of unbranched alkanes of at least 4 members (excludes halogenated alkanes) is 1. The number of nitrogens with two attached hydrogens (primary N) is 1. The molecule has 254 valence electrons. The number of fused-ring (bicyclic) bond motifs is 1. The zero-order valence-electron chi connectivity index (χ0n) is 29.9. The van der Waals surface area contributed by atoms with Crippen LogP contribution >= 0.6 is 11.3 Å². The lowest BCUT2D eigenvalue weighted by atomic mass is 10.0. The maximum Gasteiger partial charge on any atom is 0.348 e. The van der Waals surface area contributed by atoms with E-state index < -0.39 is 0 Å². The van der Waals surface area contributed by atoms with E-state index in [9.17, 15) is 4.79 Å². The van der Waals surface area contributed by atoms with Gasteiger partial charge in [0, 0.05) is 28.8 Å². The van der Waals surface area contributed by atoms with Gasteiger partial charge in [0.15, 0.2) is 0 Å². The fourth-order valence-electron chi connectivity index (χ4n) is 4.42. The van der Waals surface area contributed by atoms with E-state index in [0.717, 1.165) is 63.0 Å². The Morgan fingerprint density at radius 3 is 2.43 bits per heavy atom. The summed E-state index contributed by atoms with van der Waals surface area (Å²) in [5.74, 6) is 0.234. The van der Waals surface area contributed by atoms with Gasteiger partial charge in [-0.1, -0.05) is 97.3 Å². The van der Waals surface area contributed by atoms with Crippen LogP contribution in [-0.4, -0.2) is 33.6 Å².